The molecule has 24 heavy (non-hydrogen) atoms. The van der Waals surface area contributed by atoms with Crippen LogP contribution in [0.5, 0.6) is 0 Å². The van der Waals surface area contributed by atoms with Crippen molar-refractivity contribution >= 4 is 0 Å². The van der Waals surface area contributed by atoms with E-state index in [-0.39, 0.29) is 5.41 Å². The van der Waals surface area contributed by atoms with E-state index in [4.69, 9.17) is 9.47 Å². The lowest BCUT2D eigenvalue weighted by molar-refractivity contribution is -0.0358. The van der Waals surface area contributed by atoms with Crippen LogP contribution in [0.15, 0.2) is 60.7 Å². The second-order valence-corrected chi connectivity index (χ2v) is 7.62. The van der Waals surface area contributed by atoms with Gasteiger partial charge < -0.3 is 9.47 Å². The summed E-state index contributed by atoms with van der Waals surface area (Å²) >= 11 is 0. The molecule has 0 amide bonds. The molecule has 2 aliphatic rings. The summed E-state index contributed by atoms with van der Waals surface area (Å²) < 4.78 is 12.2. The van der Waals surface area contributed by atoms with Crippen LogP contribution in [0, 0.1) is 17.3 Å². The van der Waals surface area contributed by atoms with E-state index < -0.39 is 0 Å². The van der Waals surface area contributed by atoms with Crippen molar-refractivity contribution in [2.24, 2.45) is 17.3 Å². The highest BCUT2D eigenvalue weighted by atomic mass is 16.5. The predicted molar refractivity (Wildman–Crippen MR) is 95.5 cm³/mol. The first kappa shape index (κ1) is 15.9. The molecule has 4 rings (SSSR count). The van der Waals surface area contributed by atoms with Gasteiger partial charge in [-0.05, 0) is 42.2 Å². The summed E-state index contributed by atoms with van der Waals surface area (Å²) in [5.74, 6) is 1.87. The van der Waals surface area contributed by atoms with E-state index in [2.05, 4.69) is 48.5 Å². The third-order valence-electron chi connectivity index (χ3n) is 5.50. The monoisotopic (exact) mass is 322 g/mol. The van der Waals surface area contributed by atoms with Crippen LogP contribution in [0.2, 0.25) is 0 Å². The first-order valence-electron chi connectivity index (χ1n) is 9.06. The quantitative estimate of drug-likeness (QED) is 0.692. The van der Waals surface area contributed by atoms with Gasteiger partial charge in [0.05, 0.1) is 26.4 Å². The third kappa shape index (κ3) is 3.88. The molecule has 2 heteroatoms. The molecule has 126 valence electrons. The molecule has 2 saturated carbocycles. The molecule has 0 N–H and O–H groups in total. The number of benzene rings is 2. The van der Waals surface area contributed by atoms with E-state index in [1.165, 1.54) is 30.4 Å². The van der Waals surface area contributed by atoms with Crippen LogP contribution in [-0.4, -0.2) is 13.2 Å². The molecule has 0 radical (unpaired) electrons. The average Bonchev–Trinajstić information content (AvgIpc) is 3.24. The molecule has 2 aromatic rings. The molecular formula is C22H26O2. The van der Waals surface area contributed by atoms with Crippen LogP contribution in [0.1, 0.15) is 30.4 Å². The Bertz CT molecular complexity index is 580. The molecule has 2 aromatic carbocycles. The van der Waals surface area contributed by atoms with Gasteiger partial charge in [0, 0.05) is 5.41 Å². The summed E-state index contributed by atoms with van der Waals surface area (Å²) in [6, 6.07) is 20.9. The van der Waals surface area contributed by atoms with Crippen LogP contribution >= 0.6 is 0 Å². The second kappa shape index (κ2) is 7.08. The van der Waals surface area contributed by atoms with Crippen LogP contribution in [0.25, 0.3) is 0 Å². The zero-order valence-corrected chi connectivity index (χ0v) is 14.2. The van der Waals surface area contributed by atoms with Gasteiger partial charge in [-0.15, -0.1) is 0 Å². The van der Waals surface area contributed by atoms with Crippen LogP contribution < -0.4 is 0 Å². The average molecular weight is 322 g/mol. The van der Waals surface area contributed by atoms with Gasteiger partial charge in [0.25, 0.3) is 0 Å². The standard InChI is InChI=1S/C22H26O2/c1-3-7-18(8-4-1)14-23-16-22(12-20-11-21(20)13-22)17-24-15-19-9-5-2-6-10-19/h1-10,20-21H,11-17H2/t20-,21+. The van der Waals surface area contributed by atoms with Crippen molar-refractivity contribution in [2.75, 3.05) is 13.2 Å². The van der Waals surface area contributed by atoms with Gasteiger partial charge in [0.1, 0.15) is 0 Å². The van der Waals surface area contributed by atoms with Gasteiger partial charge in [-0.3, -0.25) is 0 Å². The van der Waals surface area contributed by atoms with Crippen molar-refractivity contribution in [1.29, 1.82) is 0 Å². The van der Waals surface area contributed by atoms with E-state index in [1.807, 2.05) is 12.1 Å². The summed E-state index contributed by atoms with van der Waals surface area (Å²) in [5, 5.41) is 0. The zero-order chi connectivity index (χ0) is 16.2. The summed E-state index contributed by atoms with van der Waals surface area (Å²) in [6.07, 6.45) is 3.99. The Morgan fingerprint density at radius 1 is 0.708 bits per heavy atom. The SMILES string of the molecule is c1ccc(COCC2(COCc3ccccc3)C[C@H]3C[C@H]3C2)cc1. The topological polar surface area (TPSA) is 18.5 Å². The molecule has 0 aliphatic heterocycles. The summed E-state index contributed by atoms with van der Waals surface area (Å²) in [4.78, 5) is 0. The number of fused-ring (bicyclic) bond motifs is 1. The highest BCUT2D eigenvalue weighted by Crippen LogP contribution is 2.60. The predicted octanol–water partition coefficient (Wildman–Crippen LogP) is 4.84. The number of hydrogen-bond acceptors (Lipinski definition) is 2. The molecule has 2 atom stereocenters. The molecule has 0 aromatic heterocycles. The van der Waals surface area contributed by atoms with Gasteiger partial charge in [-0.2, -0.15) is 0 Å². The molecule has 0 heterocycles. The third-order valence-corrected chi connectivity index (χ3v) is 5.50. The molecule has 0 bridgehead atoms. The summed E-state index contributed by atoms with van der Waals surface area (Å²) in [6.45, 7) is 3.06. The van der Waals surface area contributed by atoms with Gasteiger partial charge in [-0.1, -0.05) is 60.7 Å². The molecule has 0 saturated heterocycles. The fraction of sp³-hybridized carbons (Fsp3) is 0.455. The minimum atomic E-state index is 0.233. The molecular weight excluding hydrogens is 296 g/mol. The molecule has 0 spiro atoms. The van der Waals surface area contributed by atoms with Gasteiger partial charge in [0.15, 0.2) is 0 Å². The molecule has 2 fully saturated rings. The van der Waals surface area contributed by atoms with Gasteiger partial charge >= 0.3 is 0 Å². The number of ether oxygens (including phenoxy) is 2. The second-order valence-electron chi connectivity index (χ2n) is 7.62. The summed E-state index contributed by atoms with van der Waals surface area (Å²) in [5.41, 5.74) is 2.74. The first-order valence-corrected chi connectivity index (χ1v) is 9.06. The van der Waals surface area contributed by atoms with Crippen LogP contribution in [-0.2, 0) is 22.7 Å². The lowest BCUT2D eigenvalue weighted by Gasteiger charge is -2.30. The Morgan fingerprint density at radius 2 is 1.17 bits per heavy atom. The zero-order valence-electron chi connectivity index (χ0n) is 14.2. The minimum Gasteiger partial charge on any atom is -0.376 e. The highest BCUT2D eigenvalue weighted by Gasteiger charge is 2.53. The minimum absolute atomic E-state index is 0.233. The van der Waals surface area contributed by atoms with Crippen molar-refractivity contribution in [2.45, 2.75) is 32.5 Å². The highest BCUT2D eigenvalue weighted by molar-refractivity contribution is 5.14. The van der Waals surface area contributed by atoms with E-state index in [0.717, 1.165) is 25.0 Å². The van der Waals surface area contributed by atoms with Crippen molar-refractivity contribution in [3.8, 4) is 0 Å². The van der Waals surface area contributed by atoms with Crippen molar-refractivity contribution in [3.63, 3.8) is 0 Å². The van der Waals surface area contributed by atoms with Crippen LogP contribution in [0.4, 0.5) is 0 Å². The number of hydrogen-bond donors (Lipinski definition) is 0. The Labute approximate surface area is 144 Å². The van der Waals surface area contributed by atoms with E-state index in [9.17, 15) is 0 Å². The Hall–Kier alpha value is -1.64. The molecule has 2 nitrogen and oxygen atoms in total. The normalized spacial score (nSPS) is 23.8. The van der Waals surface area contributed by atoms with Crippen molar-refractivity contribution in [3.05, 3.63) is 71.8 Å². The summed E-state index contributed by atoms with van der Waals surface area (Å²) in [7, 11) is 0. The first-order chi connectivity index (χ1) is 11.8. The molecule has 0 unspecified atom stereocenters. The molecule has 2 aliphatic carbocycles. The largest absolute Gasteiger partial charge is 0.376 e. The Balaban J connectivity index is 1.29. The fourth-order valence-electron chi connectivity index (χ4n) is 4.20. The van der Waals surface area contributed by atoms with E-state index in [1.54, 1.807) is 0 Å². The Kier molecular flexibility index (Phi) is 4.68. The maximum atomic E-state index is 6.10. The van der Waals surface area contributed by atoms with Crippen LogP contribution in [0.3, 0.4) is 0 Å². The van der Waals surface area contributed by atoms with E-state index >= 15 is 0 Å². The smallest absolute Gasteiger partial charge is 0.0717 e. The number of rotatable bonds is 8. The van der Waals surface area contributed by atoms with Crippen molar-refractivity contribution in [1.82, 2.24) is 0 Å². The van der Waals surface area contributed by atoms with Crippen molar-refractivity contribution < 1.29 is 9.47 Å². The maximum Gasteiger partial charge on any atom is 0.0717 e. The van der Waals surface area contributed by atoms with Gasteiger partial charge in [0.2, 0.25) is 0 Å². The Morgan fingerprint density at radius 3 is 1.62 bits per heavy atom. The fourth-order valence-corrected chi connectivity index (χ4v) is 4.20. The van der Waals surface area contributed by atoms with Gasteiger partial charge in [-0.25, -0.2) is 0 Å². The lowest BCUT2D eigenvalue weighted by Crippen LogP contribution is -2.31. The lowest BCUT2D eigenvalue weighted by atomic mass is 9.84. The maximum absolute atomic E-state index is 6.10. The van der Waals surface area contributed by atoms with E-state index in [0.29, 0.717) is 13.2 Å².